The summed E-state index contributed by atoms with van der Waals surface area (Å²) in [4.78, 5) is 23.1. The average Bonchev–Trinajstić information content (AvgIpc) is 2.56. The van der Waals surface area contributed by atoms with E-state index >= 15 is 0 Å². The van der Waals surface area contributed by atoms with Crippen molar-refractivity contribution < 1.29 is 39.9 Å². The largest absolute Gasteiger partial charge is 0.396 e. The first-order chi connectivity index (χ1) is 12.9. The minimum absolute atomic E-state index is 0.410. The van der Waals surface area contributed by atoms with Crippen molar-refractivity contribution in [2.75, 3.05) is 18.1 Å². The summed E-state index contributed by atoms with van der Waals surface area (Å²) in [7, 11) is -8.61. The molecule has 5 N–H and O–H groups in total. The molecule has 0 aliphatic carbocycles. The zero-order valence-electron chi connectivity index (χ0n) is 17.4. The Hall–Kier alpha value is -1.28. The van der Waals surface area contributed by atoms with E-state index in [0.29, 0.717) is 6.42 Å². The first-order valence-corrected chi connectivity index (χ1v) is 12.1. The Labute approximate surface area is 172 Å². The SMILES string of the molecule is CCC(C)(C)[C@@H](OS(=O)(=O)CCCS(=O)(=O)O[C@@H](C(N)=O)C(C)(C)CO)C(N)=O. The van der Waals surface area contributed by atoms with Gasteiger partial charge in [0.25, 0.3) is 20.2 Å². The van der Waals surface area contributed by atoms with E-state index in [2.05, 4.69) is 0 Å². The van der Waals surface area contributed by atoms with Gasteiger partial charge >= 0.3 is 0 Å². The van der Waals surface area contributed by atoms with E-state index in [0.717, 1.165) is 0 Å². The van der Waals surface area contributed by atoms with Crippen molar-refractivity contribution in [3.05, 3.63) is 0 Å². The van der Waals surface area contributed by atoms with Gasteiger partial charge in [0.1, 0.15) is 0 Å². The minimum Gasteiger partial charge on any atom is -0.396 e. The molecule has 29 heavy (non-hydrogen) atoms. The van der Waals surface area contributed by atoms with E-state index in [4.69, 9.17) is 19.8 Å². The number of rotatable bonds is 14. The lowest BCUT2D eigenvalue weighted by Gasteiger charge is -2.30. The normalized spacial score (nSPS) is 15.7. The molecule has 0 aromatic rings. The Morgan fingerprint density at radius 2 is 1.21 bits per heavy atom. The highest BCUT2D eigenvalue weighted by atomic mass is 32.2. The molecule has 0 saturated heterocycles. The van der Waals surface area contributed by atoms with E-state index < -0.39 is 79.6 Å². The van der Waals surface area contributed by atoms with E-state index in [9.17, 15) is 31.5 Å². The Bertz CT molecular complexity index is 723. The number of aliphatic hydroxyl groups excluding tert-OH is 1. The van der Waals surface area contributed by atoms with Crippen molar-refractivity contribution in [2.45, 2.75) is 59.7 Å². The molecule has 11 nitrogen and oxygen atoms in total. The molecule has 0 saturated carbocycles. The van der Waals surface area contributed by atoms with Gasteiger partial charge in [-0.05, 0) is 12.8 Å². The van der Waals surface area contributed by atoms with Crippen LogP contribution in [0.4, 0.5) is 0 Å². The predicted molar refractivity (Wildman–Crippen MR) is 105 cm³/mol. The molecular formula is C16H32N2O9S2. The monoisotopic (exact) mass is 460 g/mol. The molecule has 172 valence electrons. The number of aliphatic hydroxyl groups is 1. The fourth-order valence-corrected chi connectivity index (χ4v) is 4.86. The van der Waals surface area contributed by atoms with E-state index in [1.807, 2.05) is 0 Å². The summed E-state index contributed by atoms with van der Waals surface area (Å²) in [5.74, 6) is -3.51. The van der Waals surface area contributed by atoms with Gasteiger partial charge in [-0.25, -0.2) is 0 Å². The van der Waals surface area contributed by atoms with Crippen LogP contribution in [0, 0.1) is 10.8 Å². The molecule has 0 heterocycles. The van der Waals surface area contributed by atoms with Crippen LogP contribution in [-0.2, 0) is 38.2 Å². The first-order valence-electron chi connectivity index (χ1n) is 8.92. The van der Waals surface area contributed by atoms with Crippen LogP contribution in [-0.4, -0.2) is 64.1 Å². The van der Waals surface area contributed by atoms with Gasteiger partial charge < -0.3 is 16.6 Å². The van der Waals surface area contributed by atoms with Gasteiger partial charge in [-0.2, -0.15) is 16.8 Å². The number of primary amides is 2. The van der Waals surface area contributed by atoms with E-state index in [-0.39, 0.29) is 0 Å². The lowest BCUT2D eigenvalue weighted by atomic mass is 9.83. The highest BCUT2D eigenvalue weighted by molar-refractivity contribution is 7.87. The van der Waals surface area contributed by atoms with Crippen molar-refractivity contribution in [3.8, 4) is 0 Å². The summed E-state index contributed by atoms with van der Waals surface area (Å²) in [5, 5.41) is 9.29. The molecule has 0 aliphatic heterocycles. The molecule has 13 heteroatoms. The van der Waals surface area contributed by atoms with Crippen molar-refractivity contribution in [1.29, 1.82) is 0 Å². The lowest BCUT2D eigenvalue weighted by molar-refractivity contribution is -0.131. The van der Waals surface area contributed by atoms with Crippen molar-refractivity contribution in [3.63, 3.8) is 0 Å². The van der Waals surface area contributed by atoms with Gasteiger partial charge in [-0.15, -0.1) is 0 Å². The van der Waals surface area contributed by atoms with Crippen LogP contribution < -0.4 is 11.5 Å². The fourth-order valence-electron chi connectivity index (χ4n) is 2.20. The minimum atomic E-state index is -4.34. The summed E-state index contributed by atoms with van der Waals surface area (Å²) >= 11 is 0. The lowest BCUT2D eigenvalue weighted by Crippen LogP contribution is -2.46. The van der Waals surface area contributed by atoms with Crippen LogP contribution >= 0.6 is 0 Å². The Kier molecular flexibility index (Phi) is 9.71. The van der Waals surface area contributed by atoms with Crippen LogP contribution in [0.3, 0.4) is 0 Å². The Morgan fingerprint density at radius 3 is 1.48 bits per heavy atom. The third kappa shape index (κ3) is 8.95. The number of carbonyl (C=O) groups is 2. The molecule has 2 atom stereocenters. The number of hydrogen-bond acceptors (Lipinski definition) is 9. The highest BCUT2D eigenvalue weighted by Gasteiger charge is 2.39. The van der Waals surface area contributed by atoms with Crippen LogP contribution in [0.1, 0.15) is 47.5 Å². The van der Waals surface area contributed by atoms with Gasteiger partial charge in [0.2, 0.25) is 11.8 Å². The van der Waals surface area contributed by atoms with Crippen LogP contribution in [0.2, 0.25) is 0 Å². The topological polar surface area (TPSA) is 193 Å². The molecule has 0 fully saturated rings. The van der Waals surface area contributed by atoms with Crippen LogP contribution in [0.25, 0.3) is 0 Å². The zero-order chi connectivity index (χ0) is 23.3. The average molecular weight is 461 g/mol. The summed E-state index contributed by atoms with van der Waals surface area (Å²) in [5.41, 5.74) is 8.26. The molecule has 0 radical (unpaired) electrons. The standard InChI is InChI=1S/C16H32N2O9S2/c1-6-15(2,3)11(13(17)20)26-28(22,23)8-7-9-29(24,25)27-12(14(18)21)16(4,5)10-19/h11-12,19H,6-10H2,1-5H3,(H2,17,20)(H2,18,21)/t11-,12-/m0/s1. The zero-order valence-corrected chi connectivity index (χ0v) is 19.0. The third-order valence-electron chi connectivity index (χ3n) is 4.53. The predicted octanol–water partition coefficient (Wildman–Crippen LogP) is -0.768. The van der Waals surface area contributed by atoms with Crippen molar-refractivity contribution >= 4 is 32.1 Å². The van der Waals surface area contributed by atoms with Gasteiger partial charge in [-0.3, -0.25) is 18.0 Å². The smallest absolute Gasteiger partial charge is 0.268 e. The maximum atomic E-state index is 12.2. The summed E-state index contributed by atoms with van der Waals surface area (Å²) in [6, 6.07) is 0. The van der Waals surface area contributed by atoms with Crippen molar-refractivity contribution in [2.24, 2.45) is 22.3 Å². The van der Waals surface area contributed by atoms with Crippen molar-refractivity contribution in [1.82, 2.24) is 0 Å². The fraction of sp³-hybridized carbons (Fsp3) is 0.875. The third-order valence-corrected chi connectivity index (χ3v) is 7.08. The van der Waals surface area contributed by atoms with Gasteiger partial charge in [0.05, 0.1) is 18.1 Å². The number of amides is 2. The Morgan fingerprint density at radius 1 is 0.862 bits per heavy atom. The molecule has 0 aromatic heterocycles. The molecular weight excluding hydrogens is 428 g/mol. The number of hydrogen-bond donors (Lipinski definition) is 3. The van der Waals surface area contributed by atoms with Gasteiger partial charge in [-0.1, -0.05) is 34.6 Å². The number of nitrogens with two attached hydrogens (primary N) is 2. The second kappa shape index (κ2) is 10.2. The molecule has 0 bridgehead atoms. The van der Waals surface area contributed by atoms with E-state index in [1.165, 1.54) is 13.8 Å². The Balaban J connectivity index is 5.11. The summed E-state index contributed by atoms with van der Waals surface area (Å²) in [6.07, 6.45) is -3.05. The quantitative estimate of drug-likeness (QED) is 0.279. The molecule has 0 rings (SSSR count). The van der Waals surface area contributed by atoms with Gasteiger partial charge in [0, 0.05) is 10.8 Å². The summed E-state index contributed by atoms with van der Waals surface area (Å²) in [6.45, 7) is 7.16. The second-order valence-corrected chi connectivity index (χ2v) is 11.6. The second-order valence-electron chi connectivity index (χ2n) is 8.12. The molecule has 2 amide bonds. The van der Waals surface area contributed by atoms with Crippen LogP contribution in [0.15, 0.2) is 0 Å². The maximum absolute atomic E-state index is 12.2. The molecule has 0 aliphatic rings. The number of carbonyl (C=O) groups excluding carboxylic acids is 2. The van der Waals surface area contributed by atoms with Crippen LogP contribution in [0.5, 0.6) is 0 Å². The molecule has 0 spiro atoms. The maximum Gasteiger partial charge on any atom is 0.268 e. The highest BCUT2D eigenvalue weighted by Crippen LogP contribution is 2.29. The summed E-state index contributed by atoms with van der Waals surface area (Å²) < 4.78 is 58.2. The van der Waals surface area contributed by atoms with Gasteiger partial charge in [0.15, 0.2) is 12.2 Å². The molecule has 0 unspecified atom stereocenters. The van der Waals surface area contributed by atoms with E-state index in [1.54, 1.807) is 20.8 Å². The first kappa shape index (κ1) is 27.7. The molecule has 0 aromatic carbocycles.